The number of anilines is 1. The number of amides is 1. The Labute approximate surface area is 116 Å². The molecule has 1 saturated carbocycles. The Morgan fingerprint density at radius 2 is 2.26 bits per heavy atom. The van der Waals surface area contributed by atoms with Gasteiger partial charge in [-0.05, 0) is 30.7 Å². The second-order valence-corrected chi connectivity index (χ2v) is 6.50. The summed E-state index contributed by atoms with van der Waals surface area (Å²) in [5.74, 6) is 1.38. The van der Waals surface area contributed by atoms with E-state index in [1.165, 1.54) is 23.3 Å². The van der Waals surface area contributed by atoms with Crippen LogP contribution in [-0.2, 0) is 0 Å². The molecular weight excluding hydrogens is 256 g/mol. The van der Waals surface area contributed by atoms with Crippen LogP contribution in [-0.4, -0.2) is 12.5 Å². The number of thiophene rings is 1. The van der Waals surface area contributed by atoms with Gasteiger partial charge in [0, 0.05) is 16.6 Å². The van der Waals surface area contributed by atoms with E-state index in [1.807, 2.05) is 25.1 Å². The smallest absolute Gasteiger partial charge is 0.263 e. The lowest BCUT2D eigenvalue weighted by atomic mass is 10.1. The predicted molar refractivity (Wildman–Crippen MR) is 80.6 cm³/mol. The van der Waals surface area contributed by atoms with Crippen molar-refractivity contribution < 1.29 is 4.79 Å². The molecule has 1 aliphatic rings. The van der Waals surface area contributed by atoms with Gasteiger partial charge in [-0.2, -0.15) is 0 Å². The molecule has 100 valence electrons. The van der Waals surface area contributed by atoms with Crippen LogP contribution in [0.15, 0.2) is 18.2 Å². The summed E-state index contributed by atoms with van der Waals surface area (Å²) >= 11 is 1.49. The highest BCUT2D eigenvalue weighted by atomic mass is 32.1. The number of carbonyl (C=O) groups is 1. The Bertz CT molecular complexity index is 647. The van der Waals surface area contributed by atoms with Crippen molar-refractivity contribution in [1.29, 1.82) is 0 Å². The summed E-state index contributed by atoms with van der Waals surface area (Å²) in [4.78, 5) is 12.9. The van der Waals surface area contributed by atoms with Gasteiger partial charge in [0.25, 0.3) is 5.91 Å². The fraction of sp³-hybridized carbons (Fsp3) is 0.400. The number of nitrogen functional groups attached to an aromatic ring is 1. The molecule has 1 heterocycles. The van der Waals surface area contributed by atoms with Crippen molar-refractivity contribution in [3.8, 4) is 0 Å². The molecule has 0 bridgehead atoms. The maximum absolute atomic E-state index is 12.2. The Kier molecular flexibility index (Phi) is 2.97. The van der Waals surface area contributed by atoms with Crippen molar-refractivity contribution in [2.45, 2.75) is 20.3 Å². The van der Waals surface area contributed by atoms with Gasteiger partial charge in [0.1, 0.15) is 4.88 Å². The quantitative estimate of drug-likeness (QED) is 0.903. The first-order chi connectivity index (χ1) is 9.08. The largest absolute Gasteiger partial charge is 0.397 e. The summed E-state index contributed by atoms with van der Waals surface area (Å²) in [5.41, 5.74) is 7.89. The van der Waals surface area contributed by atoms with E-state index in [1.54, 1.807) is 0 Å². The molecule has 4 heteroatoms. The number of hydrogen-bond acceptors (Lipinski definition) is 3. The van der Waals surface area contributed by atoms with Gasteiger partial charge in [0.05, 0.1) is 5.69 Å². The van der Waals surface area contributed by atoms with Gasteiger partial charge in [-0.3, -0.25) is 4.79 Å². The number of rotatable bonds is 3. The van der Waals surface area contributed by atoms with E-state index in [4.69, 9.17) is 5.73 Å². The minimum atomic E-state index is -0.0304. The van der Waals surface area contributed by atoms with Gasteiger partial charge in [0.2, 0.25) is 0 Å². The SMILES string of the molecule is Cc1cccc2c(N)c(C(=O)NCC3CC3C)sc12. The molecule has 19 heavy (non-hydrogen) atoms. The lowest BCUT2D eigenvalue weighted by Crippen LogP contribution is -2.25. The zero-order chi connectivity index (χ0) is 13.6. The van der Waals surface area contributed by atoms with Crippen molar-refractivity contribution in [1.82, 2.24) is 5.32 Å². The molecule has 2 atom stereocenters. The monoisotopic (exact) mass is 274 g/mol. The summed E-state index contributed by atoms with van der Waals surface area (Å²) in [7, 11) is 0. The maximum Gasteiger partial charge on any atom is 0.263 e. The van der Waals surface area contributed by atoms with E-state index in [0.717, 1.165) is 22.5 Å². The lowest BCUT2D eigenvalue weighted by Gasteiger charge is -2.03. The van der Waals surface area contributed by atoms with Crippen LogP contribution in [0.4, 0.5) is 5.69 Å². The Hall–Kier alpha value is -1.55. The molecule has 1 amide bonds. The zero-order valence-corrected chi connectivity index (χ0v) is 12.0. The van der Waals surface area contributed by atoms with E-state index < -0.39 is 0 Å². The van der Waals surface area contributed by atoms with Crippen LogP contribution < -0.4 is 11.1 Å². The number of benzene rings is 1. The molecular formula is C15H18N2OS. The van der Waals surface area contributed by atoms with Gasteiger partial charge in [0.15, 0.2) is 0 Å². The molecule has 1 fully saturated rings. The first-order valence-corrected chi connectivity index (χ1v) is 7.45. The van der Waals surface area contributed by atoms with E-state index in [9.17, 15) is 4.79 Å². The molecule has 1 aliphatic carbocycles. The van der Waals surface area contributed by atoms with Crippen LogP contribution in [0.25, 0.3) is 10.1 Å². The normalized spacial score (nSPS) is 21.6. The molecule has 0 saturated heterocycles. The highest BCUT2D eigenvalue weighted by molar-refractivity contribution is 7.21. The highest BCUT2D eigenvalue weighted by Crippen LogP contribution is 2.38. The standard InChI is InChI=1S/C15H18N2OS/c1-8-4-3-5-11-12(16)14(19-13(8)11)15(18)17-7-10-6-9(10)2/h3-5,9-10H,6-7,16H2,1-2H3,(H,17,18). The molecule has 3 nitrogen and oxygen atoms in total. The summed E-state index contributed by atoms with van der Waals surface area (Å²) in [5, 5.41) is 4.00. The van der Waals surface area contributed by atoms with Crippen molar-refractivity contribution >= 4 is 33.0 Å². The van der Waals surface area contributed by atoms with Crippen LogP contribution >= 0.6 is 11.3 Å². The molecule has 0 spiro atoms. The highest BCUT2D eigenvalue weighted by Gasteiger charge is 2.32. The molecule has 2 aromatic rings. The van der Waals surface area contributed by atoms with Crippen LogP contribution in [0.1, 0.15) is 28.6 Å². The van der Waals surface area contributed by atoms with Crippen molar-refractivity contribution in [2.24, 2.45) is 11.8 Å². The molecule has 3 rings (SSSR count). The molecule has 2 unspecified atom stereocenters. The van der Waals surface area contributed by atoms with Gasteiger partial charge >= 0.3 is 0 Å². The number of carbonyl (C=O) groups excluding carboxylic acids is 1. The van der Waals surface area contributed by atoms with Crippen molar-refractivity contribution in [3.05, 3.63) is 28.6 Å². The first-order valence-electron chi connectivity index (χ1n) is 6.63. The van der Waals surface area contributed by atoms with E-state index in [-0.39, 0.29) is 5.91 Å². The third-order valence-electron chi connectivity index (χ3n) is 3.96. The molecule has 0 aliphatic heterocycles. The average molecular weight is 274 g/mol. The number of fused-ring (bicyclic) bond motifs is 1. The first kappa shape index (κ1) is 12.5. The maximum atomic E-state index is 12.2. The van der Waals surface area contributed by atoms with Crippen LogP contribution in [0.5, 0.6) is 0 Å². The minimum absolute atomic E-state index is 0.0304. The molecule has 0 radical (unpaired) electrons. The number of nitrogens with one attached hydrogen (secondary N) is 1. The third kappa shape index (κ3) is 2.21. The minimum Gasteiger partial charge on any atom is -0.397 e. The van der Waals surface area contributed by atoms with E-state index in [0.29, 0.717) is 16.5 Å². The Morgan fingerprint density at radius 1 is 1.53 bits per heavy atom. The second-order valence-electron chi connectivity index (χ2n) is 5.48. The van der Waals surface area contributed by atoms with Gasteiger partial charge in [-0.1, -0.05) is 25.1 Å². The Balaban J connectivity index is 1.85. The van der Waals surface area contributed by atoms with E-state index >= 15 is 0 Å². The molecule has 1 aromatic carbocycles. The fourth-order valence-electron chi connectivity index (χ4n) is 2.44. The fourth-order valence-corrected chi connectivity index (χ4v) is 3.54. The van der Waals surface area contributed by atoms with Crippen molar-refractivity contribution in [2.75, 3.05) is 12.3 Å². The van der Waals surface area contributed by atoms with Gasteiger partial charge in [-0.15, -0.1) is 11.3 Å². The lowest BCUT2D eigenvalue weighted by molar-refractivity contribution is 0.0956. The van der Waals surface area contributed by atoms with Gasteiger partial charge in [-0.25, -0.2) is 0 Å². The number of hydrogen-bond donors (Lipinski definition) is 2. The Morgan fingerprint density at radius 3 is 2.89 bits per heavy atom. The number of aryl methyl sites for hydroxylation is 1. The van der Waals surface area contributed by atoms with Crippen LogP contribution in [0, 0.1) is 18.8 Å². The van der Waals surface area contributed by atoms with Crippen LogP contribution in [0.3, 0.4) is 0 Å². The summed E-state index contributed by atoms with van der Waals surface area (Å²) < 4.78 is 1.12. The predicted octanol–water partition coefficient (Wildman–Crippen LogP) is 3.18. The topological polar surface area (TPSA) is 55.1 Å². The third-order valence-corrected chi connectivity index (χ3v) is 5.31. The van der Waals surface area contributed by atoms with E-state index in [2.05, 4.69) is 12.2 Å². The van der Waals surface area contributed by atoms with Gasteiger partial charge < -0.3 is 11.1 Å². The second kappa shape index (κ2) is 4.53. The van der Waals surface area contributed by atoms with Crippen molar-refractivity contribution in [3.63, 3.8) is 0 Å². The average Bonchev–Trinajstić information content (AvgIpc) is 2.98. The van der Waals surface area contributed by atoms with Crippen LogP contribution in [0.2, 0.25) is 0 Å². The summed E-state index contributed by atoms with van der Waals surface area (Å²) in [6.07, 6.45) is 1.22. The summed E-state index contributed by atoms with van der Waals surface area (Å²) in [6, 6.07) is 6.01. The number of nitrogens with two attached hydrogens (primary N) is 1. The zero-order valence-electron chi connectivity index (χ0n) is 11.2. The molecule has 3 N–H and O–H groups in total. The summed E-state index contributed by atoms with van der Waals surface area (Å²) in [6.45, 7) is 5.03. The molecule has 1 aromatic heterocycles.